The highest BCUT2D eigenvalue weighted by molar-refractivity contribution is 5.78. The molecule has 3 aromatic rings. The van der Waals surface area contributed by atoms with Gasteiger partial charge in [-0.3, -0.25) is 0 Å². The number of ether oxygens (including phenoxy) is 1. The molecular formula is C19H20N4O. The first kappa shape index (κ1) is 14.8. The van der Waals surface area contributed by atoms with Gasteiger partial charge in [-0.05, 0) is 29.5 Å². The Balaban J connectivity index is 1.97. The quantitative estimate of drug-likeness (QED) is 0.786. The van der Waals surface area contributed by atoms with Crippen LogP contribution in [0.5, 0.6) is 5.75 Å². The molecule has 5 heteroatoms. The molecule has 4 rings (SSSR count). The lowest BCUT2D eigenvalue weighted by atomic mass is 9.71. The molecular weight excluding hydrogens is 300 g/mol. The molecule has 1 aliphatic rings. The third-order valence-corrected chi connectivity index (χ3v) is 4.76. The molecule has 0 fully saturated rings. The van der Waals surface area contributed by atoms with Gasteiger partial charge in [0.25, 0.3) is 0 Å². The highest BCUT2D eigenvalue weighted by Gasteiger charge is 2.35. The smallest absolute Gasteiger partial charge is 0.136 e. The molecule has 0 bridgehead atoms. The van der Waals surface area contributed by atoms with Crippen LogP contribution in [0.4, 0.5) is 5.82 Å². The SMILES string of the molecule is COc1ccn(-c2cccc3c2CC(C)(C)c2c(N)ncnc2-3)c1. The molecule has 2 N–H and O–H groups in total. The highest BCUT2D eigenvalue weighted by atomic mass is 16.5. The van der Waals surface area contributed by atoms with Gasteiger partial charge in [0.1, 0.15) is 17.9 Å². The molecule has 0 unspecified atom stereocenters. The normalized spacial score (nSPS) is 14.8. The van der Waals surface area contributed by atoms with Gasteiger partial charge < -0.3 is 15.0 Å². The summed E-state index contributed by atoms with van der Waals surface area (Å²) in [6, 6.07) is 8.26. The average Bonchev–Trinajstić information content (AvgIpc) is 3.02. The van der Waals surface area contributed by atoms with E-state index >= 15 is 0 Å². The standard InChI is InChI=1S/C19H20N4O/c1-19(2)9-14-13(17-16(19)18(20)22-11-21-17)5-4-6-15(14)23-8-7-12(10-23)24-3/h4-8,10-11H,9H2,1-3H3,(H2,20,21,22). The maximum absolute atomic E-state index is 6.17. The summed E-state index contributed by atoms with van der Waals surface area (Å²) < 4.78 is 7.42. The van der Waals surface area contributed by atoms with Crippen molar-refractivity contribution in [3.63, 3.8) is 0 Å². The van der Waals surface area contributed by atoms with Crippen LogP contribution >= 0.6 is 0 Å². The summed E-state index contributed by atoms with van der Waals surface area (Å²) in [5.74, 6) is 1.42. The van der Waals surface area contributed by atoms with E-state index in [9.17, 15) is 0 Å². The Hall–Kier alpha value is -2.82. The Morgan fingerprint density at radius 3 is 2.79 bits per heavy atom. The molecule has 2 aromatic heterocycles. The molecule has 0 spiro atoms. The highest BCUT2D eigenvalue weighted by Crippen LogP contribution is 2.45. The topological polar surface area (TPSA) is 66.0 Å². The zero-order valence-corrected chi connectivity index (χ0v) is 14.1. The Bertz CT molecular complexity index is 927. The second kappa shape index (κ2) is 5.09. The summed E-state index contributed by atoms with van der Waals surface area (Å²) in [7, 11) is 1.68. The van der Waals surface area contributed by atoms with E-state index in [0.29, 0.717) is 5.82 Å². The van der Waals surface area contributed by atoms with Crippen LogP contribution < -0.4 is 10.5 Å². The minimum absolute atomic E-state index is 0.124. The lowest BCUT2D eigenvalue weighted by Gasteiger charge is -2.34. The van der Waals surface area contributed by atoms with E-state index in [1.807, 2.05) is 18.5 Å². The Kier molecular flexibility index (Phi) is 3.13. The molecule has 0 atom stereocenters. The van der Waals surface area contributed by atoms with Gasteiger partial charge in [-0.1, -0.05) is 26.0 Å². The maximum atomic E-state index is 6.17. The van der Waals surface area contributed by atoms with Crippen LogP contribution in [0.1, 0.15) is 25.0 Å². The summed E-state index contributed by atoms with van der Waals surface area (Å²) in [4.78, 5) is 8.75. The zero-order valence-electron chi connectivity index (χ0n) is 14.1. The minimum Gasteiger partial charge on any atom is -0.495 e. The van der Waals surface area contributed by atoms with Crippen LogP contribution in [0, 0.1) is 0 Å². The predicted molar refractivity (Wildman–Crippen MR) is 94.5 cm³/mol. The van der Waals surface area contributed by atoms with Crippen molar-refractivity contribution in [3.05, 3.63) is 54.1 Å². The van der Waals surface area contributed by atoms with Gasteiger partial charge in [0.05, 0.1) is 19.0 Å². The van der Waals surface area contributed by atoms with Gasteiger partial charge >= 0.3 is 0 Å². The molecule has 0 saturated heterocycles. The first-order valence-corrected chi connectivity index (χ1v) is 7.97. The monoisotopic (exact) mass is 320 g/mol. The summed E-state index contributed by atoms with van der Waals surface area (Å²) in [6.07, 6.45) is 6.44. The maximum Gasteiger partial charge on any atom is 0.136 e. The zero-order chi connectivity index (χ0) is 16.9. The van der Waals surface area contributed by atoms with Gasteiger partial charge in [0.2, 0.25) is 0 Å². The van der Waals surface area contributed by atoms with Crippen molar-refractivity contribution in [1.82, 2.24) is 14.5 Å². The first-order valence-electron chi connectivity index (χ1n) is 7.97. The van der Waals surface area contributed by atoms with Crippen molar-refractivity contribution in [1.29, 1.82) is 0 Å². The molecule has 1 aliphatic carbocycles. The number of benzene rings is 1. The molecule has 122 valence electrons. The van der Waals surface area contributed by atoms with Crippen molar-refractivity contribution >= 4 is 5.82 Å². The molecule has 1 aromatic carbocycles. The second-order valence-corrected chi connectivity index (χ2v) is 6.81. The Morgan fingerprint density at radius 2 is 2.04 bits per heavy atom. The fourth-order valence-corrected chi connectivity index (χ4v) is 3.67. The third-order valence-electron chi connectivity index (χ3n) is 4.76. The van der Waals surface area contributed by atoms with Crippen molar-refractivity contribution in [2.24, 2.45) is 0 Å². The van der Waals surface area contributed by atoms with Crippen LogP contribution in [0.15, 0.2) is 43.0 Å². The largest absolute Gasteiger partial charge is 0.495 e. The molecule has 0 aliphatic heterocycles. The summed E-state index contributed by atoms with van der Waals surface area (Å²) in [6.45, 7) is 4.39. The van der Waals surface area contributed by atoms with Gasteiger partial charge in [-0.15, -0.1) is 0 Å². The number of anilines is 1. The summed E-state index contributed by atoms with van der Waals surface area (Å²) >= 11 is 0. The molecule has 0 radical (unpaired) electrons. The fourth-order valence-electron chi connectivity index (χ4n) is 3.67. The molecule has 5 nitrogen and oxygen atoms in total. The summed E-state index contributed by atoms with van der Waals surface area (Å²) in [5.41, 5.74) is 11.6. The molecule has 0 amide bonds. The number of nitrogens with zero attached hydrogens (tertiary/aromatic N) is 3. The number of aromatic nitrogens is 3. The van der Waals surface area contributed by atoms with Crippen molar-refractivity contribution < 1.29 is 4.74 Å². The first-order chi connectivity index (χ1) is 11.5. The molecule has 2 heterocycles. The Labute approximate surface area is 141 Å². The van der Waals surface area contributed by atoms with Crippen LogP contribution in [-0.4, -0.2) is 21.6 Å². The number of rotatable bonds is 2. The number of hydrogen-bond acceptors (Lipinski definition) is 4. The van der Waals surface area contributed by atoms with E-state index in [1.54, 1.807) is 13.4 Å². The van der Waals surface area contributed by atoms with E-state index in [-0.39, 0.29) is 5.41 Å². The van der Waals surface area contributed by atoms with Crippen molar-refractivity contribution in [2.45, 2.75) is 25.7 Å². The van der Waals surface area contributed by atoms with E-state index in [0.717, 1.165) is 34.7 Å². The predicted octanol–water partition coefficient (Wildman–Crippen LogP) is 3.36. The average molecular weight is 320 g/mol. The number of methoxy groups -OCH3 is 1. The molecule has 0 saturated carbocycles. The lowest BCUT2D eigenvalue weighted by molar-refractivity contribution is 0.415. The third kappa shape index (κ3) is 2.08. The van der Waals surface area contributed by atoms with E-state index in [4.69, 9.17) is 10.5 Å². The van der Waals surface area contributed by atoms with E-state index in [1.165, 1.54) is 5.56 Å². The van der Waals surface area contributed by atoms with Crippen LogP contribution in [-0.2, 0) is 11.8 Å². The number of nitrogen functional groups attached to an aromatic ring is 1. The van der Waals surface area contributed by atoms with Gasteiger partial charge in [0.15, 0.2) is 0 Å². The van der Waals surface area contributed by atoms with Crippen LogP contribution in [0.2, 0.25) is 0 Å². The van der Waals surface area contributed by atoms with Gasteiger partial charge in [0, 0.05) is 23.0 Å². The number of fused-ring (bicyclic) bond motifs is 3. The number of nitrogens with two attached hydrogens (primary N) is 1. The van der Waals surface area contributed by atoms with Crippen molar-refractivity contribution in [3.8, 4) is 22.7 Å². The second-order valence-electron chi connectivity index (χ2n) is 6.81. The Morgan fingerprint density at radius 1 is 1.21 bits per heavy atom. The minimum atomic E-state index is -0.124. The van der Waals surface area contributed by atoms with Gasteiger partial charge in [-0.2, -0.15) is 0 Å². The van der Waals surface area contributed by atoms with Gasteiger partial charge in [-0.25, -0.2) is 9.97 Å². The fraction of sp³-hybridized carbons (Fsp3) is 0.263. The van der Waals surface area contributed by atoms with Crippen LogP contribution in [0.25, 0.3) is 16.9 Å². The van der Waals surface area contributed by atoms with Crippen LogP contribution in [0.3, 0.4) is 0 Å². The summed E-state index contributed by atoms with van der Waals surface area (Å²) in [5, 5.41) is 0. The lowest BCUT2D eigenvalue weighted by Crippen LogP contribution is -2.29. The number of hydrogen-bond donors (Lipinski definition) is 1. The molecule has 24 heavy (non-hydrogen) atoms. The van der Waals surface area contributed by atoms with E-state index in [2.05, 4.69) is 46.6 Å². The van der Waals surface area contributed by atoms with E-state index < -0.39 is 0 Å². The van der Waals surface area contributed by atoms with Crippen molar-refractivity contribution in [2.75, 3.05) is 12.8 Å².